The van der Waals surface area contributed by atoms with Crippen LogP contribution in [0.5, 0.6) is 17.2 Å². The normalized spacial score (nSPS) is 11.0. The molecule has 0 fully saturated rings. The molecule has 1 amide bonds. The van der Waals surface area contributed by atoms with Gasteiger partial charge in [-0.25, -0.2) is 0 Å². The number of methoxy groups -OCH3 is 1. The molecule has 1 heterocycles. The van der Waals surface area contributed by atoms with Crippen LogP contribution in [0.15, 0.2) is 46.5 Å². The smallest absolute Gasteiger partial charge is 0.267 e. The molecule has 0 unspecified atom stereocenters. The Morgan fingerprint density at radius 2 is 1.82 bits per heavy atom. The highest BCUT2D eigenvalue weighted by molar-refractivity contribution is 6.32. The van der Waals surface area contributed by atoms with Crippen molar-refractivity contribution in [2.45, 2.75) is 20.8 Å². The maximum Gasteiger partial charge on any atom is 0.267 e. The summed E-state index contributed by atoms with van der Waals surface area (Å²) in [5.74, 6) is 1.64. The van der Waals surface area contributed by atoms with Gasteiger partial charge in [-0.3, -0.25) is 4.79 Å². The number of amides is 1. The van der Waals surface area contributed by atoms with E-state index in [9.17, 15) is 10.1 Å². The average Bonchev–Trinajstić information content (AvgIpc) is 3.21. The summed E-state index contributed by atoms with van der Waals surface area (Å²) in [6, 6.07) is 12.6. The minimum absolute atomic E-state index is 0.144. The van der Waals surface area contributed by atoms with Crippen LogP contribution in [0.3, 0.4) is 0 Å². The summed E-state index contributed by atoms with van der Waals surface area (Å²) >= 11 is 6.42. The standard InChI is InChI=1S/C25H24ClN3O5/c1-15-6-5-7-16(2)23(15)32-8-9-33-24-20(26)12-18(13-21(24)31-4)11-19(14-27)25(30)28-22-10-17(3)34-29-22/h5-7,10-13H,8-9H2,1-4H3,(H,28,29,30)/b19-11-. The molecule has 2 aromatic carbocycles. The monoisotopic (exact) mass is 481 g/mol. The molecule has 0 saturated carbocycles. The molecule has 0 aliphatic heterocycles. The number of nitrogens with zero attached hydrogens (tertiary/aromatic N) is 2. The number of nitrogens with one attached hydrogen (secondary N) is 1. The van der Waals surface area contributed by atoms with Gasteiger partial charge in [-0.15, -0.1) is 0 Å². The topological polar surface area (TPSA) is 107 Å². The van der Waals surface area contributed by atoms with Gasteiger partial charge in [0.05, 0.1) is 12.1 Å². The number of hydrogen-bond acceptors (Lipinski definition) is 7. The van der Waals surface area contributed by atoms with E-state index in [1.54, 1.807) is 25.1 Å². The zero-order valence-corrected chi connectivity index (χ0v) is 20.0. The molecule has 0 spiro atoms. The fourth-order valence-electron chi connectivity index (χ4n) is 3.20. The third-order valence-corrected chi connectivity index (χ3v) is 5.06. The van der Waals surface area contributed by atoms with E-state index in [0.29, 0.717) is 29.4 Å². The first-order valence-electron chi connectivity index (χ1n) is 10.4. The molecule has 0 atom stereocenters. The Labute approximate surface area is 202 Å². The fraction of sp³-hybridized carbons (Fsp3) is 0.240. The predicted octanol–water partition coefficient (Wildman–Crippen LogP) is 5.27. The maximum absolute atomic E-state index is 12.4. The van der Waals surface area contributed by atoms with Crippen molar-refractivity contribution >= 4 is 29.4 Å². The van der Waals surface area contributed by atoms with Gasteiger partial charge >= 0.3 is 0 Å². The first-order valence-corrected chi connectivity index (χ1v) is 10.8. The molecular weight excluding hydrogens is 458 g/mol. The zero-order valence-electron chi connectivity index (χ0n) is 19.3. The Bertz CT molecular complexity index is 1240. The number of para-hydroxylation sites is 1. The van der Waals surface area contributed by atoms with Gasteiger partial charge in [-0.1, -0.05) is 35.0 Å². The number of hydrogen-bond donors (Lipinski definition) is 1. The molecule has 176 valence electrons. The molecule has 0 bridgehead atoms. The van der Waals surface area contributed by atoms with Crippen molar-refractivity contribution in [1.29, 1.82) is 5.26 Å². The van der Waals surface area contributed by atoms with Crippen molar-refractivity contribution in [3.63, 3.8) is 0 Å². The first kappa shape index (κ1) is 24.7. The number of carbonyl (C=O) groups is 1. The van der Waals surface area contributed by atoms with Crippen LogP contribution < -0.4 is 19.5 Å². The van der Waals surface area contributed by atoms with Crippen molar-refractivity contribution in [3.8, 4) is 23.3 Å². The van der Waals surface area contributed by atoms with Crippen molar-refractivity contribution in [2.24, 2.45) is 0 Å². The molecule has 34 heavy (non-hydrogen) atoms. The number of aromatic nitrogens is 1. The van der Waals surface area contributed by atoms with Gasteiger partial charge in [0.2, 0.25) is 0 Å². The summed E-state index contributed by atoms with van der Waals surface area (Å²) < 4.78 is 22.0. The van der Waals surface area contributed by atoms with E-state index < -0.39 is 5.91 Å². The van der Waals surface area contributed by atoms with E-state index in [-0.39, 0.29) is 23.0 Å². The third kappa shape index (κ3) is 6.09. The Kier molecular flexibility index (Phi) is 8.17. The van der Waals surface area contributed by atoms with Crippen molar-refractivity contribution < 1.29 is 23.5 Å². The van der Waals surface area contributed by atoms with Gasteiger partial charge < -0.3 is 24.1 Å². The molecule has 3 aromatic rings. The lowest BCUT2D eigenvalue weighted by atomic mass is 10.1. The van der Waals surface area contributed by atoms with Gasteiger partial charge in [0.1, 0.15) is 36.4 Å². The van der Waals surface area contributed by atoms with E-state index in [1.807, 2.05) is 38.1 Å². The highest BCUT2D eigenvalue weighted by atomic mass is 35.5. The van der Waals surface area contributed by atoms with Gasteiger partial charge in [0.15, 0.2) is 17.3 Å². The van der Waals surface area contributed by atoms with Gasteiger partial charge in [0, 0.05) is 6.07 Å². The number of aryl methyl sites for hydroxylation is 3. The highest BCUT2D eigenvalue weighted by Gasteiger charge is 2.15. The van der Waals surface area contributed by atoms with Gasteiger partial charge in [-0.2, -0.15) is 5.26 Å². The minimum atomic E-state index is -0.630. The molecule has 9 heteroatoms. The Morgan fingerprint density at radius 1 is 1.15 bits per heavy atom. The molecule has 8 nitrogen and oxygen atoms in total. The average molecular weight is 482 g/mol. The first-order chi connectivity index (χ1) is 16.3. The van der Waals surface area contributed by atoms with Crippen molar-refractivity contribution in [1.82, 2.24) is 5.16 Å². The lowest BCUT2D eigenvalue weighted by Gasteiger charge is -2.15. The van der Waals surface area contributed by atoms with E-state index in [2.05, 4.69) is 10.5 Å². The number of carbonyl (C=O) groups excluding carboxylic acids is 1. The number of halogens is 1. The van der Waals surface area contributed by atoms with E-state index in [0.717, 1.165) is 16.9 Å². The number of nitriles is 1. The lowest BCUT2D eigenvalue weighted by Crippen LogP contribution is -2.13. The molecule has 0 saturated heterocycles. The van der Waals surface area contributed by atoms with Crippen LogP contribution >= 0.6 is 11.6 Å². The fourth-order valence-corrected chi connectivity index (χ4v) is 3.48. The molecule has 0 radical (unpaired) electrons. The Hall–Kier alpha value is -3.96. The summed E-state index contributed by atoms with van der Waals surface area (Å²) in [5, 5.41) is 15.9. The summed E-state index contributed by atoms with van der Waals surface area (Å²) in [7, 11) is 1.48. The molecule has 0 aliphatic carbocycles. The molecule has 0 aliphatic rings. The second-order valence-corrected chi connectivity index (χ2v) is 7.81. The van der Waals surface area contributed by atoms with Crippen LogP contribution in [-0.2, 0) is 4.79 Å². The highest BCUT2D eigenvalue weighted by Crippen LogP contribution is 2.37. The Morgan fingerprint density at radius 3 is 2.41 bits per heavy atom. The van der Waals surface area contributed by atoms with Gasteiger partial charge in [-0.05, 0) is 55.7 Å². The second-order valence-electron chi connectivity index (χ2n) is 7.40. The summed E-state index contributed by atoms with van der Waals surface area (Å²) in [4.78, 5) is 12.4. The summed E-state index contributed by atoms with van der Waals surface area (Å²) in [6.07, 6.45) is 1.39. The van der Waals surface area contributed by atoms with Crippen molar-refractivity contribution in [3.05, 3.63) is 69.4 Å². The quantitative estimate of drug-likeness (QED) is 0.252. The molecular formula is C25H24ClN3O5. The molecule has 3 rings (SSSR count). The summed E-state index contributed by atoms with van der Waals surface area (Å²) in [6.45, 7) is 6.21. The van der Waals surface area contributed by atoms with Crippen LogP contribution in [0.25, 0.3) is 6.08 Å². The lowest BCUT2D eigenvalue weighted by molar-refractivity contribution is -0.112. The van der Waals surface area contributed by atoms with E-state index in [4.69, 9.17) is 30.3 Å². The van der Waals surface area contributed by atoms with E-state index >= 15 is 0 Å². The number of rotatable bonds is 9. The van der Waals surface area contributed by atoms with Crippen LogP contribution in [0.1, 0.15) is 22.5 Å². The largest absolute Gasteiger partial charge is 0.493 e. The zero-order chi connectivity index (χ0) is 24.7. The Balaban J connectivity index is 1.70. The minimum Gasteiger partial charge on any atom is -0.493 e. The van der Waals surface area contributed by atoms with Crippen LogP contribution in [0.4, 0.5) is 5.82 Å². The van der Waals surface area contributed by atoms with Crippen LogP contribution in [0, 0.1) is 32.1 Å². The van der Waals surface area contributed by atoms with Crippen LogP contribution in [-0.4, -0.2) is 31.4 Å². The summed E-state index contributed by atoms with van der Waals surface area (Å²) in [5.41, 5.74) is 2.43. The maximum atomic E-state index is 12.4. The SMILES string of the molecule is COc1cc(/C=C(/C#N)C(=O)Nc2cc(C)on2)cc(Cl)c1OCCOc1c(C)cccc1C. The number of benzene rings is 2. The molecule has 1 aromatic heterocycles. The number of anilines is 1. The van der Waals surface area contributed by atoms with Crippen LogP contribution in [0.2, 0.25) is 5.02 Å². The van der Waals surface area contributed by atoms with Crippen molar-refractivity contribution in [2.75, 3.05) is 25.6 Å². The van der Waals surface area contributed by atoms with Gasteiger partial charge in [0.25, 0.3) is 5.91 Å². The van der Waals surface area contributed by atoms with E-state index in [1.165, 1.54) is 13.2 Å². The second kappa shape index (κ2) is 11.3. The third-order valence-electron chi connectivity index (χ3n) is 4.78. The predicted molar refractivity (Wildman–Crippen MR) is 128 cm³/mol. The number of ether oxygens (including phenoxy) is 3. The molecule has 1 N–H and O–H groups in total.